The lowest BCUT2D eigenvalue weighted by Gasteiger charge is -2.05. The minimum absolute atomic E-state index is 0.101. The lowest BCUT2D eigenvalue weighted by molar-refractivity contribution is 0.379. The zero-order valence-corrected chi connectivity index (χ0v) is 10.9. The van der Waals surface area contributed by atoms with Gasteiger partial charge in [-0.3, -0.25) is 4.57 Å². The van der Waals surface area contributed by atoms with E-state index in [1.807, 2.05) is 0 Å². The van der Waals surface area contributed by atoms with Crippen LogP contribution >= 0.6 is 11.6 Å². The van der Waals surface area contributed by atoms with Gasteiger partial charge in [0.25, 0.3) is 0 Å². The number of halogens is 1. The molecule has 0 fully saturated rings. The van der Waals surface area contributed by atoms with Crippen LogP contribution in [0, 0.1) is 0 Å². The number of rotatable bonds is 5. The largest absolute Gasteiger partial charge is 0.354 e. The van der Waals surface area contributed by atoms with Gasteiger partial charge < -0.3 is 9.84 Å². The first-order valence-corrected chi connectivity index (χ1v) is 6.08. The van der Waals surface area contributed by atoms with Gasteiger partial charge in [-0.25, -0.2) is 4.98 Å². The molecule has 1 N–H and O–H groups in total. The summed E-state index contributed by atoms with van der Waals surface area (Å²) in [5.74, 6) is 1.29. The van der Waals surface area contributed by atoms with Crippen molar-refractivity contribution in [3.63, 3.8) is 0 Å². The molecule has 0 bridgehead atoms. The number of nitrogens with one attached hydrogen (secondary N) is 1. The number of hydrogen-bond donors (Lipinski definition) is 1. The first-order chi connectivity index (χ1) is 9.81. The van der Waals surface area contributed by atoms with Crippen LogP contribution in [0.15, 0.2) is 29.6 Å². The highest BCUT2D eigenvalue weighted by atomic mass is 35.5. The summed E-state index contributed by atoms with van der Waals surface area (Å²) in [6.45, 7) is 0.534. The van der Waals surface area contributed by atoms with Gasteiger partial charge >= 0.3 is 0 Å². The Morgan fingerprint density at radius 3 is 3.00 bits per heavy atom. The average molecular weight is 293 g/mol. The summed E-state index contributed by atoms with van der Waals surface area (Å²) < 4.78 is 6.52. The highest BCUT2D eigenvalue weighted by molar-refractivity contribution is 6.28. The molecule has 10 heteroatoms. The normalized spacial score (nSPS) is 10.7. The molecule has 3 rings (SSSR count). The highest BCUT2D eigenvalue weighted by Gasteiger charge is 2.07. The average Bonchev–Trinajstić information content (AvgIpc) is 3.11. The van der Waals surface area contributed by atoms with Crippen LogP contribution < -0.4 is 5.32 Å². The molecule has 0 aliphatic rings. The van der Waals surface area contributed by atoms with Crippen LogP contribution in [0.4, 0.5) is 5.95 Å². The summed E-state index contributed by atoms with van der Waals surface area (Å²) in [5, 5.41) is 6.64. The molecule has 0 spiro atoms. The predicted octanol–water partition coefficient (Wildman–Crippen LogP) is 0.748. The predicted molar refractivity (Wildman–Crippen MR) is 68.5 cm³/mol. The van der Waals surface area contributed by atoms with E-state index in [2.05, 4.69) is 35.4 Å². The molecule has 0 aromatic carbocycles. The van der Waals surface area contributed by atoms with E-state index in [0.717, 1.165) is 0 Å². The van der Waals surface area contributed by atoms with Gasteiger partial charge in [-0.15, -0.1) is 0 Å². The Morgan fingerprint density at radius 1 is 1.30 bits per heavy atom. The van der Waals surface area contributed by atoms with Crippen LogP contribution in [0.2, 0.25) is 5.28 Å². The Kier molecular flexibility index (Phi) is 3.50. The molecule has 0 amide bonds. The Bertz CT molecular complexity index is 669. The SMILES string of the molecule is Clc1nc(NCCc2ncno2)nc(-n2ccnc2)n1. The van der Waals surface area contributed by atoms with Crippen molar-refractivity contribution in [1.82, 2.24) is 34.6 Å². The zero-order chi connectivity index (χ0) is 13.8. The third-order valence-electron chi connectivity index (χ3n) is 2.36. The molecular weight excluding hydrogens is 284 g/mol. The van der Waals surface area contributed by atoms with Crippen molar-refractivity contribution in [1.29, 1.82) is 0 Å². The molecule has 3 heterocycles. The van der Waals surface area contributed by atoms with Crippen LogP contribution in [-0.4, -0.2) is 41.2 Å². The number of hydrogen-bond acceptors (Lipinski definition) is 8. The maximum Gasteiger partial charge on any atom is 0.241 e. The highest BCUT2D eigenvalue weighted by Crippen LogP contribution is 2.09. The molecule has 9 nitrogen and oxygen atoms in total. The summed E-state index contributed by atoms with van der Waals surface area (Å²) in [7, 11) is 0. The second-order valence-corrected chi connectivity index (χ2v) is 4.05. The number of anilines is 1. The standard InChI is InChI=1S/C10H9ClN8O/c11-8-16-9(13-2-1-7-14-5-15-20-7)18-10(17-8)19-4-3-12-6-19/h3-6H,1-2H2,(H,13,16,17,18). The van der Waals surface area contributed by atoms with Crippen molar-refractivity contribution in [3.8, 4) is 5.95 Å². The van der Waals surface area contributed by atoms with Gasteiger partial charge in [0, 0.05) is 25.4 Å². The maximum atomic E-state index is 5.87. The monoisotopic (exact) mass is 292 g/mol. The van der Waals surface area contributed by atoms with Crippen molar-refractivity contribution in [3.05, 3.63) is 36.2 Å². The molecule has 20 heavy (non-hydrogen) atoms. The molecule has 3 aromatic heterocycles. The summed E-state index contributed by atoms with van der Waals surface area (Å²) in [6, 6.07) is 0. The van der Waals surface area contributed by atoms with Gasteiger partial charge in [0.05, 0.1) is 0 Å². The summed E-state index contributed by atoms with van der Waals surface area (Å²) in [6.07, 6.45) is 6.83. The molecule has 102 valence electrons. The third-order valence-corrected chi connectivity index (χ3v) is 2.53. The quantitative estimate of drug-likeness (QED) is 0.734. The van der Waals surface area contributed by atoms with Crippen LogP contribution in [0.1, 0.15) is 5.89 Å². The van der Waals surface area contributed by atoms with Crippen molar-refractivity contribution >= 4 is 17.5 Å². The number of aromatic nitrogens is 7. The minimum Gasteiger partial charge on any atom is -0.354 e. The van der Waals surface area contributed by atoms with Crippen molar-refractivity contribution in [2.24, 2.45) is 0 Å². The summed E-state index contributed by atoms with van der Waals surface area (Å²) >= 11 is 5.87. The fourth-order valence-electron chi connectivity index (χ4n) is 1.50. The van der Waals surface area contributed by atoms with Crippen LogP contribution in [0.5, 0.6) is 0 Å². The lowest BCUT2D eigenvalue weighted by Crippen LogP contribution is -2.11. The first-order valence-electron chi connectivity index (χ1n) is 5.70. The van der Waals surface area contributed by atoms with Gasteiger partial charge in [0.1, 0.15) is 6.33 Å². The van der Waals surface area contributed by atoms with Crippen molar-refractivity contribution in [2.45, 2.75) is 6.42 Å². The van der Waals surface area contributed by atoms with Crippen molar-refractivity contribution in [2.75, 3.05) is 11.9 Å². The summed E-state index contributed by atoms with van der Waals surface area (Å²) in [4.78, 5) is 20.1. The molecule has 0 aliphatic carbocycles. The minimum atomic E-state index is 0.101. The molecule has 0 unspecified atom stereocenters. The fourth-order valence-corrected chi connectivity index (χ4v) is 1.65. The fraction of sp³-hybridized carbons (Fsp3) is 0.200. The molecule has 0 radical (unpaired) electrons. The van der Waals surface area contributed by atoms with E-state index in [-0.39, 0.29) is 5.28 Å². The van der Waals surface area contributed by atoms with Crippen LogP contribution in [-0.2, 0) is 6.42 Å². The zero-order valence-electron chi connectivity index (χ0n) is 10.1. The van der Waals surface area contributed by atoms with Gasteiger partial charge in [-0.2, -0.15) is 19.9 Å². The van der Waals surface area contributed by atoms with E-state index < -0.39 is 0 Å². The second kappa shape index (κ2) is 5.61. The first kappa shape index (κ1) is 12.5. The van der Waals surface area contributed by atoms with E-state index in [0.29, 0.717) is 30.8 Å². The van der Waals surface area contributed by atoms with E-state index >= 15 is 0 Å². The van der Waals surface area contributed by atoms with Crippen LogP contribution in [0.3, 0.4) is 0 Å². The third kappa shape index (κ3) is 2.88. The molecule has 0 atom stereocenters. The molecule has 0 saturated carbocycles. The Hall–Kier alpha value is -2.55. The van der Waals surface area contributed by atoms with E-state index in [1.54, 1.807) is 23.3 Å². The van der Waals surface area contributed by atoms with E-state index in [1.165, 1.54) is 6.33 Å². The lowest BCUT2D eigenvalue weighted by atomic mass is 10.4. The van der Waals surface area contributed by atoms with E-state index in [4.69, 9.17) is 16.1 Å². The topological polar surface area (TPSA) is 107 Å². The van der Waals surface area contributed by atoms with Gasteiger partial charge in [0.15, 0.2) is 6.33 Å². The Labute approximate surface area is 118 Å². The second-order valence-electron chi connectivity index (χ2n) is 3.71. The molecule has 0 aliphatic heterocycles. The Morgan fingerprint density at radius 2 is 2.25 bits per heavy atom. The van der Waals surface area contributed by atoms with Gasteiger partial charge in [0.2, 0.25) is 23.1 Å². The maximum absolute atomic E-state index is 5.87. The number of nitrogens with zero attached hydrogens (tertiary/aromatic N) is 7. The van der Waals surface area contributed by atoms with Gasteiger partial charge in [-0.05, 0) is 11.6 Å². The van der Waals surface area contributed by atoms with Gasteiger partial charge in [-0.1, -0.05) is 5.16 Å². The number of imidazole rings is 1. The Balaban J connectivity index is 1.70. The summed E-state index contributed by atoms with van der Waals surface area (Å²) in [5.41, 5.74) is 0. The van der Waals surface area contributed by atoms with E-state index in [9.17, 15) is 0 Å². The molecular formula is C10H9ClN8O. The molecule has 0 saturated heterocycles. The van der Waals surface area contributed by atoms with Crippen molar-refractivity contribution < 1.29 is 4.52 Å². The smallest absolute Gasteiger partial charge is 0.241 e. The molecule has 3 aromatic rings. The van der Waals surface area contributed by atoms with Crippen LogP contribution in [0.25, 0.3) is 5.95 Å².